The number of carbonyl (C=O) groups is 1. The lowest BCUT2D eigenvalue weighted by Gasteiger charge is -2.47. The van der Waals surface area contributed by atoms with E-state index in [-0.39, 0.29) is 36.7 Å². The molecule has 0 aliphatic carbocycles. The van der Waals surface area contributed by atoms with Crippen molar-refractivity contribution < 1.29 is 57.8 Å². The van der Waals surface area contributed by atoms with Gasteiger partial charge in [-0.3, -0.25) is 4.79 Å². The number of oxime groups is 1. The molecule has 3 N–H and O–H groups in total. The monoisotopic (exact) mass is 1020 g/mol. The number of halogens is 1. The van der Waals surface area contributed by atoms with E-state index in [1.807, 2.05) is 77.8 Å². The Labute approximate surface area is 429 Å². The number of aliphatic hydroxyl groups is 3. The van der Waals surface area contributed by atoms with Crippen molar-refractivity contribution in [1.82, 2.24) is 24.8 Å². The van der Waals surface area contributed by atoms with Crippen LogP contribution in [0.2, 0.25) is 0 Å². The average molecular weight is 1020 g/mol. The van der Waals surface area contributed by atoms with Gasteiger partial charge >= 0.3 is 5.97 Å². The lowest BCUT2D eigenvalue weighted by atomic mass is 9.70. The van der Waals surface area contributed by atoms with E-state index in [0.29, 0.717) is 58.0 Å². The van der Waals surface area contributed by atoms with E-state index in [2.05, 4.69) is 48.2 Å². The minimum absolute atomic E-state index is 0.0134. The summed E-state index contributed by atoms with van der Waals surface area (Å²) in [5.74, 6) is -1.93. The largest absolute Gasteiger partial charge is 0.459 e. The number of hydrogen-bond acceptors (Lipinski definition) is 16. The Morgan fingerprint density at radius 3 is 2.32 bits per heavy atom. The fraction of sp³-hybridized carbons (Fsp3) is 0.815. The van der Waals surface area contributed by atoms with Gasteiger partial charge in [0.2, 0.25) is 0 Å². The zero-order valence-corrected chi connectivity index (χ0v) is 46.1. The molecule has 5 rings (SSSR count). The Kier molecular flexibility index (Phi) is 21.6. The van der Waals surface area contributed by atoms with Crippen LogP contribution in [0.15, 0.2) is 35.6 Å². The molecule has 1 aromatic heterocycles. The van der Waals surface area contributed by atoms with E-state index in [9.17, 15) is 24.5 Å². The third-order valence-electron chi connectivity index (χ3n) is 16.2. The summed E-state index contributed by atoms with van der Waals surface area (Å²) in [5.41, 5.74) is -0.457. The van der Waals surface area contributed by atoms with Gasteiger partial charge in [0, 0.05) is 77.2 Å². The van der Waals surface area contributed by atoms with Crippen LogP contribution in [-0.4, -0.2) is 179 Å². The van der Waals surface area contributed by atoms with Gasteiger partial charge in [0.25, 0.3) is 0 Å². The van der Waals surface area contributed by atoms with Gasteiger partial charge in [0.15, 0.2) is 6.29 Å². The fourth-order valence-electron chi connectivity index (χ4n) is 12.1. The number of nitrogens with zero attached hydrogens (tertiary/aromatic N) is 6. The summed E-state index contributed by atoms with van der Waals surface area (Å²) in [4.78, 5) is 23.5. The van der Waals surface area contributed by atoms with E-state index in [0.717, 1.165) is 29.0 Å². The molecule has 2 aromatic rings. The number of methoxy groups -OCH3 is 2. The molecule has 3 saturated heterocycles. The fourth-order valence-corrected chi connectivity index (χ4v) is 12.1. The summed E-state index contributed by atoms with van der Waals surface area (Å²) in [7, 11) is 8.73. The lowest BCUT2D eigenvalue weighted by Crippen LogP contribution is -2.59. The maximum atomic E-state index is 14.8. The van der Waals surface area contributed by atoms with Crippen molar-refractivity contribution in [3.05, 3.63) is 47.3 Å². The maximum Gasteiger partial charge on any atom is 0.309 e. The Morgan fingerprint density at radius 1 is 1.00 bits per heavy atom. The highest BCUT2D eigenvalue weighted by molar-refractivity contribution is 5.98. The molecular weight excluding hydrogens is 928 g/mol. The molecule has 1 unspecified atom stereocenters. The van der Waals surface area contributed by atoms with Crippen molar-refractivity contribution in [3.63, 3.8) is 0 Å². The van der Waals surface area contributed by atoms with Gasteiger partial charge in [-0.05, 0) is 104 Å². The van der Waals surface area contributed by atoms with Gasteiger partial charge in [-0.15, -0.1) is 5.10 Å². The topological polar surface area (TPSA) is 192 Å². The lowest BCUT2D eigenvalue weighted by molar-refractivity contribution is -0.228. The Hall–Kier alpha value is -3.17. The van der Waals surface area contributed by atoms with Gasteiger partial charge in [0.05, 0.1) is 53.4 Å². The first-order chi connectivity index (χ1) is 33.9. The van der Waals surface area contributed by atoms with Crippen LogP contribution in [0.4, 0.5) is 4.39 Å². The van der Waals surface area contributed by atoms with Crippen LogP contribution in [0.25, 0.3) is 0 Å². The Morgan fingerprint density at radius 2 is 1.69 bits per heavy atom. The highest BCUT2D eigenvalue weighted by Gasteiger charge is 2.50. The number of benzene rings is 1. The van der Waals surface area contributed by atoms with Crippen LogP contribution in [0.3, 0.4) is 0 Å². The summed E-state index contributed by atoms with van der Waals surface area (Å²) in [5, 5.41) is 49.3. The third-order valence-corrected chi connectivity index (χ3v) is 16.2. The number of hydrogen-bond donors (Lipinski definition) is 3. The average Bonchev–Trinajstić information content (AvgIpc) is 3.80. The molecule has 17 atom stereocenters. The van der Waals surface area contributed by atoms with Crippen LogP contribution < -0.4 is 0 Å². The normalized spacial score (nSPS) is 37.1. The molecule has 1 aromatic carbocycles. The molecule has 3 fully saturated rings. The van der Waals surface area contributed by atoms with Crippen LogP contribution in [0, 0.1) is 23.7 Å². The smallest absolute Gasteiger partial charge is 0.309 e. The molecule has 72 heavy (non-hydrogen) atoms. The van der Waals surface area contributed by atoms with E-state index >= 15 is 0 Å². The zero-order valence-electron chi connectivity index (χ0n) is 46.1. The standard InChI is InChI=1S/C54H91FN6O11/c1-16-46-53(10,64)50(62)39(8)60(12)30-33(2)25-54(65,26-34(3)48(37(6)51(63)72-46)45-28-52(9,67-14)27-36(5)70-45)32-69-47-24-43(23-35(4)71-47)59(11)22-21-42-31-61(58-56-42)44(29-55)49(66-13)41-19-17-40(18-20-41)38(7)57-68-15/h17-20,31,33-37,39,43-50,62,64-65H,16,21-30,32H2,1-15H3/b57-38+/t33-,34-,35-,36+,37-,39-,43+,44-,45?,46-,47-,48+,49-,50-,52+,53-,54-/m1/s1. The predicted octanol–water partition coefficient (Wildman–Crippen LogP) is 6.71. The molecule has 18 heteroatoms. The van der Waals surface area contributed by atoms with Crippen LogP contribution >= 0.6 is 0 Å². The molecule has 0 saturated carbocycles. The second kappa shape index (κ2) is 26.1. The van der Waals surface area contributed by atoms with E-state index in [1.165, 1.54) is 7.11 Å². The minimum Gasteiger partial charge on any atom is -0.459 e. The zero-order chi connectivity index (χ0) is 53.3. The first-order valence-electron chi connectivity index (χ1n) is 26.3. The SMILES string of the molecule is CC[C@H]1OC(=O)[C@H](C)[C@@H](C2C[C@@](C)(OC)C[C@H](C)O2)[C@H](C)C[C@@](O)(CO[C@H]2C[C@@H](N(C)CCc3cn([C@H](CF)[C@H](OC)c4ccc(/C(C)=N/OC)cc4)nn3)C[C@@H](C)O2)C[C@@H](C)CN(C)[C@H](C)[C@@H](O)[C@]1(C)O. The number of alkyl halides is 1. The van der Waals surface area contributed by atoms with Crippen LogP contribution in [0.1, 0.15) is 143 Å². The molecule has 4 heterocycles. The predicted molar refractivity (Wildman–Crippen MR) is 273 cm³/mol. The maximum absolute atomic E-state index is 14.8. The second-order valence-corrected chi connectivity index (χ2v) is 22.4. The molecule has 0 amide bonds. The van der Waals surface area contributed by atoms with Crippen molar-refractivity contribution in [2.45, 2.75) is 198 Å². The van der Waals surface area contributed by atoms with Gasteiger partial charge < -0.3 is 58.4 Å². The van der Waals surface area contributed by atoms with Crippen molar-refractivity contribution in [2.75, 3.05) is 61.8 Å². The summed E-state index contributed by atoms with van der Waals surface area (Å²) in [6.45, 7) is 19.6. The minimum atomic E-state index is -1.74. The van der Waals surface area contributed by atoms with Crippen molar-refractivity contribution in [3.8, 4) is 0 Å². The highest BCUT2D eigenvalue weighted by atomic mass is 19.1. The molecule has 17 nitrogen and oxygen atoms in total. The van der Waals surface area contributed by atoms with Crippen molar-refractivity contribution in [2.24, 2.45) is 28.8 Å². The number of likely N-dealkylation sites (N-methyl/N-ethyl adjacent to an activating group) is 2. The number of ether oxygens (including phenoxy) is 6. The molecule has 0 spiro atoms. The number of aromatic nitrogens is 3. The molecular formula is C54H91FN6O11. The van der Waals surface area contributed by atoms with Gasteiger partial charge in [-0.1, -0.05) is 62.3 Å². The summed E-state index contributed by atoms with van der Waals surface area (Å²) < 4.78 is 54.1. The Bertz CT molecular complexity index is 2010. The first-order valence-corrected chi connectivity index (χ1v) is 26.3. The van der Waals surface area contributed by atoms with Gasteiger partial charge in [-0.25, -0.2) is 9.07 Å². The third kappa shape index (κ3) is 15.0. The van der Waals surface area contributed by atoms with E-state index in [4.69, 9.17) is 33.3 Å². The van der Waals surface area contributed by atoms with Crippen molar-refractivity contribution >= 4 is 11.7 Å². The number of cyclic esters (lactones) is 1. The first kappa shape index (κ1) is 59.7. The summed E-state index contributed by atoms with van der Waals surface area (Å²) in [6, 6.07) is 6.45. The molecule has 0 radical (unpaired) electrons. The molecule has 410 valence electrons. The summed E-state index contributed by atoms with van der Waals surface area (Å²) in [6.07, 6.45) is 1.80. The quantitative estimate of drug-likeness (QED) is 0.0861. The number of esters is 1. The van der Waals surface area contributed by atoms with E-state index < -0.39 is 84.1 Å². The van der Waals surface area contributed by atoms with Crippen LogP contribution in [0.5, 0.6) is 0 Å². The number of aliphatic hydroxyl groups excluding tert-OH is 1. The molecule has 0 bridgehead atoms. The van der Waals surface area contributed by atoms with Crippen LogP contribution in [-0.2, 0) is 44.5 Å². The number of rotatable bonds is 17. The highest BCUT2D eigenvalue weighted by Crippen LogP contribution is 2.43. The van der Waals surface area contributed by atoms with Gasteiger partial charge in [-0.2, -0.15) is 0 Å². The van der Waals surface area contributed by atoms with Gasteiger partial charge in [0.1, 0.15) is 43.7 Å². The summed E-state index contributed by atoms with van der Waals surface area (Å²) >= 11 is 0. The van der Waals surface area contributed by atoms with E-state index in [1.54, 1.807) is 32.0 Å². The van der Waals surface area contributed by atoms with Crippen molar-refractivity contribution in [1.29, 1.82) is 0 Å². The second-order valence-electron chi connectivity index (χ2n) is 22.4. The molecule has 3 aliphatic heterocycles. The Balaban J connectivity index is 1.32. The number of carbonyl (C=O) groups excluding carboxylic acids is 1. The molecule has 3 aliphatic rings.